The van der Waals surface area contributed by atoms with Crippen LogP contribution in [0.25, 0.3) is 6.08 Å². The van der Waals surface area contributed by atoms with E-state index < -0.39 is 24.3 Å². The Kier molecular flexibility index (Phi) is 7.77. The molecule has 1 amide bonds. The molecule has 0 saturated heterocycles. The van der Waals surface area contributed by atoms with E-state index in [1.807, 2.05) is 0 Å². The first-order chi connectivity index (χ1) is 13.5. The number of para-hydroxylation sites is 1. The average molecular weight is 385 g/mol. The van der Waals surface area contributed by atoms with Crippen molar-refractivity contribution in [1.29, 1.82) is 0 Å². The molecule has 6 nitrogen and oxygen atoms in total. The number of rotatable bonds is 9. The monoisotopic (exact) mass is 385 g/mol. The van der Waals surface area contributed by atoms with Crippen LogP contribution in [0.3, 0.4) is 0 Å². The Balaban J connectivity index is 1.88. The van der Waals surface area contributed by atoms with Gasteiger partial charge in [-0.1, -0.05) is 30.9 Å². The lowest BCUT2D eigenvalue weighted by molar-refractivity contribution is -0.142. The molecule has 0 saturated carbocycles. The number of anilines is 1. The van der Waals surface area contributed by atoms with Gasteiger partial charge in [0.1, 0.15) is 12.4 Å². The van der Waals surface area contributed by atoms with E-state index in [0.29, 0.717) is 23.7 Å². The second kappa shape index (κ2) is 10.5. The van der Waals surface area contributed by atoms with Crippen molar-refractivity contribution in [3.63, 3.8) is 0 Å². The summed E-state index contributed by atoms with van der Waals surface area (Å²) in [6, 6.07) is 10.8. The van der Waals surface area contributed by atoms with E-state index in [0.717, 1.165) is 0 Å². The van der Waals surface area contributed by atoms with Gasteiger partial charge in [0.15, 0.2) is 18.1 Å². The van der Waals surface area contributed by atoms with Gasteiger partial charge >= 0.3 is 5.97 Å². The second-order valence-corrected chi connectivity index (χ2v) is 5.48. The topological polar surface area (TPSA) is 73.9 Å². The summed E-state index contributed by atoms with van der Waals surface area (Å²) in [7, 11) is 1.51. The Hall–Kier alpha value is -3.61. The molecule has 28 heavy (non-hydrogen) atoms. The number of methoxy groups -OCH3 is 1. The molecule has 0 fully saturated rings. The Morgan fingerprint density at radius 3 is 2.68 bits per heavy atom. The molecule has 0 aliphatic rings. The molecule has 0 heterocycles. The van der Waals surface area contributed by atoms with E-state index in [-0.39, 0.29) is 5.69 Å². The van der Waals surface area contributed by atoms with Crippen molar-refractivity contribution < 1.29 is 28.2 Å². The molecule has 0 atom stereocenters. The van der Waals surface area contributed by atoms with Crippen LogP contribution in [0, 0.1) is 5.82 Å². The van der Waals surface area contributed by atoms with Crippen molar-refractivity contribution in [2.45, 2.75) is 0 Å². The Labute approximate surface area is 162 Å². The smallest absolute Gasteiger partial charge is 0.331 e. The summed E-state index contributed by atoms with van der Waals surface area (Å²) >= 11 is 0. The molecule has 146 valence electrons. The average Bonchev–Trinajstić information content (AvgIpc) is 2.71. The van der Waals surface area contributed by atoms with E-state index in [2.05, 4.69) is 11.9 Å². The molecule has 0 aromatic heterocycles. The maximum Gasteiger partial charge on any atom is 0.331 e. The zero-order valence-corrected chi connectivity index (χ0v) is 15.3. The molecule has 0 bridgehead atoms. The summed E-state index contributed by atoms with van der Waals surface area (Å²) < 4.78 is 29.0. The minimum atomic E-state index is -0.713. The summed E-state index contributed by atoms with van der Waals surface area (Å²) in [5, 5.41) is 2.32. The SMILES string of the molecule is C=CCOc1ccc(/C=C/C(=O)OCC(=O)Nc2ccccc2F)cc1OC. The van der Waals surface area contributed by atoms with Gasteiger partial charge < -0.3 is 19.5 Å². The number of hydrogen-bond acceptors (Lipinski definition) is 5. The number of benzene rings is 2. The number of amides is 1. The highest BCUT2D eigenvalue weighted by Gasteiger charge is 2.09. The molecule has 0 aliphatic heterocycles. The lowest BCUT2D eigenvalue weighted by Crippen LogP contribution is -2.20. The third-order valence-electron chi connectivity index (χ3n) is 3.45. The summed E-state index contributed by atoms with van der Waals surface area (Å²) in [4.78, 5) is 23.5. The minimum absolute atomic E-state index is 0.0185. The molecule has 2 rings (SSSR count). The Morgan fingerprint density at radius 2 is 1.96 bits per heavy atom. The van der Waals surface area contributed by atoms with E-state index in [9.17, 15) is 14.0 Å². The van der Waals surface area contributed by atoms with Crippen molar-refractivity contribution in [1.82, 2.24) is 0 Å². The lowest BCUT2D eigenvalue weighted by atomic mass is 10.2. The molecule has 2 aromatic carbocycles. The molecule has 0 aliphatic carbocycles. The van der Waals surface area contributed by atoms with Gasteiger partial charge in [0, 0.05) is 6.08 Å². The maximum absolute atomic E-state index is 13.5. The molecule has 7 heteroatoms. The first-order valence-corrected chi connectivity index (χ1v) is 8.34. The van der Waals surface area contributed by atoms with Crippen molar-refractivity contribution in [3.05, 3.63) is 72.6 Å². The molecule has 0 unspecified atom stereocenters. The van der Waals surface area contributed by atoms with Crippen LogP contribution >= 0.6 is 0 Å². The van der Waals surface area contributed by atoms with E-state index in [1.54, 1.807) is 30.3 Å². The quantitative estimate of drug-likeness (QED) is 0.406. The van der Waals surface area contributed by atoms with Gasteiger partial charge in [-0.15, -0.1) is 0 Å². The summed E-state index contributed by atoms with van der Waals surface area (Å²) in [5.74, 6) is -0.878. The fourth-order valence-electron chi connectivity index (χ4n) is 2.15. The summed E-state index contributed by atoms with van der Waals surface area (Å²) in [6.07, 6.45) is 4.30. The van der Waals surface area contributed by atoms with Gasteiger partial charge in [0.25, 0.3) is 5.91 Å². The van der Waals surface area contributed by atoms with Crippen molar-refractivity contribution in [3.8, 4) is 11.5 Å². The van der Waals surface area contributed by atoms with Crippen molar-refractivity contribution in [2.24, 2.45) is 0 Å². The molecular formula is C21H20FNO5. The van der Waals surface area contributed by atoms with E-state index in [1.165, 1.54) is 37.5 Å². The Morgan fingerprint density at radius 1 is 1.18 bits per heavy atom. The summed E-state index contributed by atoms with van der Waals surface area (Å²) in [5.41, 5.74) is 0.695. The van der Waals surface area contributed by atoms with Crippen molar-refractivity contribution in [2.75, 3.05) is 25.6 Å². The lowest BCUT2D eigenvalue weighted by Gasteiger charge is -2.09. The van der Waals surface area contributed by atoms with Crippen LogP contribution < -0.4 is 14.8 Å². The summed E-state index contributed by atoms with van der Waals surface area (Å²) in [6.45, 7) is 3.39. The van der Waals surface area contributed by atoms with Crippen LogP contribution in [-0.2, 0) is 14.3 Å². The minimum Gasteiger partial charge on any atom is -0.493 e. The number of ether oxygens (including phenoxy) is 3. The fourth-order valence-corrected chi connectivity index (χ4v) is 2.15. The number of carbonyl (C=O) groups excluding carboxylic acids is 2. The number of esters is 1. The zero-order valence-electron chi connectivity index (χ0n) is 15.3. The standard InChI is InChI=1S/C21H20FNO5/c1-3-12-27-18-10-8-15(13-19(18)26-2)9-11-21(25)28-14-20(24)23-17-7-5-4-6-16(17)22/h3-11,13H,1,12,14H2,2H3,(H,23,24)/b11-9+. The normalized spacial score (nSPS) is 10.4. The van der Waals surface area contributed by atoms with Gasteiger partial charge in [0.05, 0.1) is 12.8 Å². The highest BCUT2D eigenvalue weighted by Crippen LogP contribution is 2.28. The molecule has 2 aromatic rings. The van der Waals surface area contributed by atoms with Crippen LogP contribution in [0.4, 0.5) is 10.1 Å². The van der Waals surface area contributed by atoms with Crippen LogP contribution in [0.5, 0.6) is 11.5 Å². The van der Waals surface area contributed by atoms with Gasteiger partial charge in [-0.2, -0.15) is 0 Å². The van der Waals surface area contributed by atoms with Gasteiger partial charge in [-0.05, 0) is 35.9 Å². The second-order valence-electron chi connectivity index (χ2n) is 5.48. The fraction of sp³-hybridized carbons (Fsp3) is 0.143. The van der Waals surface area contributed by atoms with Crippen LogP contribution in [0.15, 0.2) is 61.2 Å². The first kappa shape index (κ1) is 20.7. The molecule has 1 N–H and O–H groups in total. The van der Waals surface area contributed by atoms with Crippen LogP contribution in [0.1, 0.15) is 5.56 Å². The first-order valence-electron chi connectivity index (χ1n) is 8.34. The predicted molar refractivity (Wildman–Crippen MR) is 104 cm³/mol. The largest absolute Gasteiger partial charge is 0.493 e. The van der Waals surface area contributed by atoms with Crippen molar-refractivity contribution >= 4 is 23.6 Å². The van der Waals surface area contributed by atoms with Gasteiger partial charge in [-0.3, -0.25) is 4.79 Å². The van der Waals surface area contributed by atoms with Gasteiger partial charge in [-0.25, -0.2) is 9.18 Å². The highest BCUT2D eigenvalue weighted by molar-refractivity contribution is 5.94. The van der Waals surface area contributed by atoms with Crippen LogP contribution in [0.2, 0.25) is 0 Å². The third-order valence-corrected chi connectivity index (χ3v) is 3.45. The highest BCUT2D eigenvalue weighted by atomic mass is 19.1. The van der Waals surface area contributed by atoms with E-state index in [4.69, 9.17) is 14.2 Å². The van der Waals surface area contributed by atoms with Gasteiger partial charge in [0.2, 0.25) is 0 Å². The molecular weight excluding hydrogens is 365 g/mol. The zero-order chi connectivity index (χ0) is 20.4. The number of halogens is 1. The van der Waals surface area contributed by atoms with Crippen LogP contribution in [-0.4, -0.2) is 32.2 Å². The predicted octanol–water partition coefficient (Wildman–Crippen LogP) is 3.59. The molecule has 0 spiro atoms. The number of nitrogens with one attached hydrogen (secondary N) is 1. The van der Waals surface area contributed by atoms with E-state index >= 15 is 0 Å². The Bertz CT molecular complexity index is 879. The third kappa shape index (κ3) is 6.28. The molecule has 0 radical (unpaired) electrons. The maximum atomic E-state index is 13.5. The number of carbonyl (C=O) groups is 2. The number of hydrogen-bond donors (Lipinski definition) is 1.